The van der Waals surface area contributed by atoms with Crippen molar-refractivity contribution in [2.75, 3.05) is 14.1 Å². The minimum absolute atomic E-state index is 0.234. The predicted octanol–water partition coefficient (Wildman–Crippen LogP) is 3.39. The Kier molecular flexibility index (Phi) is 4.41. The van der Waals surface area contributed by atoms with Crippen LogP contribution >= 0.6 is 0 Å². The first-order valence-electron chi connectivity index (χ1n) is 7.25. The number of likely N-dealkylation sites (N-methyl/N-ethyl adjacent to an activating group) is 1. The standard InChI is InChI=1S/C17H24N2O/c1-5-17(6-2,19(3)4)16(20)14-10-9-13-8-7-11-18-15(13)12-14/h7-12,16,20H,5-6H2,1-4H3. The van der Waals surface area contributed by atoms with E-state index in [-0.39, 0.29) is 5.54 Å². The first-order valence-corrected chi connectivity index (χ1v) is 7.25. The van der Waals surface area contributed by atoms with Gasteiger partial charge in [0.2, 0.25) is 0 Å². The van der Waals surface area contributed by atoms with Crippen LogP contribution in [0.1, 0.15) is 38.4 Å². The van der Waals surface area contributed by atoms with Crippen molar-refractivity contribution in [2.24, 2.45) is 0 Å². The molecule has 1 aromatic heterocycles. The maximum Gasteiger partial charge on any atom is 0.0973 e. The van der Waals surface area contributed by atoms with Gasteiger partial charge < -0.3 is 10.0 Å². The Morgan fingerprint density at radius 2 is 1.90 bits per heavy atom. The fourth-order valence-corrected chi connectivity index (χ4v) is 3.08. The van der Waals surface area contributed by atoms with Gasteiger partial charge in [0.1, 0.15) is 0 Å². The molecule has 20 heavy (non-hydrogen) atoms. The average molecular weight is 272 g/mol. The van der Waals surface area contributed by atoms with Crippen molar-refractivity contribution in [1.82, 2.24) is 9.88 Å². The van der Waals surface area contributed by atoms with Crippen molar-refractivity contribution in [3.8, 4) is 0 Å². The number of rotatable bonds is 5. The molecule has 108 valence electrons. The molecule has 0 aliphatic carbocycles. The van der Waals surface area contributed by atoms with Gasteiger partial charge >= 0.3 is 0 Å². The highest BCUT2D eigenvalue weighted by atomic mass is 16.3. The highest BCUT2D eigenvalue weighted by Gasteiger charge is 2.37. The molecule has 1 N–H and O–H groups in total. The van der Waals surface area contributed by atoms with Gasteiger partial charge in [-0.05, 0) is 44.6 Å². The van der Waals surface area contributed by atoms with Crippen LogP contribution in [0.15, 0.2) is 36.5 Å². The molecule has 0 fully saturated rings. The van der Waals surface area contributed by atoms with Crippen LogP contribution in [-0.4, -0.2) is 34.6 Å². The smallest absolute Gasteiger partial charge is 0.0973 e. The molecule has 1 atom stereocenters. The third-order valence-corrected chi connectivity index (χ3v) is 4.57. The summed E-state index contributed by atoms with van der Waals surface area (Å²) in [6.07, 6.45) is 3.08. The predicted molar refractivity (Wildman–Crippen MR) is 83.7 cm³/mol. The van der Waals surface area contributed by atoms with Gasteiger partial charge in [-0.3, -0.25) is 4.98 Å². The van der Waals surface area contributed by atoms with E-state index >= 15 is 0 Å². The molecule has 1 unspecified atom stereocenters. The van der Waals surface area contributed by atoms with Crippen molar-refractivity contribution < 1.29 is 5.11 Å². The summed E-state index contributed by atoms with van der Waals surface area (Å²) in [5.74, 6) is 0. The molecule has 1 heterocycles. The Bertz CT molecular complexity index is 576. The number of aromatic nitrogens is 1. The van der Waals surface area contributed by atoms with E-state index in [1.165, 1.54) is 0 Å². The molecule has 2 aromatic rings. The Balaban J connectivity index is 2.46. The number of hydrogen-bond acceptors (Lipinski definition) is 3. The van der Waals surface area contributed by atoms with E-state index in [1.807, 2.05) is 44.4 Å². The van der Waals surface area contributed by atoms with E-state index in [2.05, 4.69) is 23.7 Å². The van der Waals surface area contributed by atoms with Gasteiger partial charge in [-0.2, -0.15) is 0 Å². The van der Waals surface area contributed by atoms with Gasteiger partial charge in [-0.25, -0.2) is 0 Å². The van der Waals surface area contributed by atoms with E-state index in [0.717, 1.165) is 29.3 Å². The number of fused-ring (bicyclic) bond motifs is 1. The lowest BCUT2D eigenvalue weighted by atomic mass is 9.81. The summed E-state index contributed by atoms with van der Waals surface area (Å²) >= 11 is 0. The molecule has 3 heteroatoms. The van der Waals surface area contributed by atoms with Gasteiger partial charge in [0, 0.05) is 17.1 Å². The van der Waals surface area contributed by atoms with Crippen molar-refractivity contribution in [1.29, 1.82) is 0 Å². The second-order valence-corrected chi connectivity index (χ2v) is 5.56. The van der Waals surface area contributed by atoms with Crippen LogP contribution in [0.4, 0.5) is 0 Å². The lowest BCUT2D eigenvalue weighted by molar-refractivity contribution is -0.0149. The second-order valence-electron chi connectivity index (χ2n) is 5.56. The minimum atomic E-state index is -0.515. The number of pyridine rings is 1. The summed E-state index contributed by atoms with van der Waals surface area (Å²) in [4.78, 5) is 6.52. The Morgan fingerprint density at radius 1 is 1.20 bits per heavy atom. The Labute approximate surface area is 121 Å². The molecule has 0 radical (unpaired) electrons. The molecule has 0 saturated heterocycles. The van der Waals surface area contributed by atoms with Gasteiger partial charge in [-0.15, -0.1) is 0 Å². The zero-order chi connectivity index (χ0) is 14.8. The molecule has 0 aliphatic rings. The molecule has 1 aromatic carbocycles. The number of aliphatic hydroxyl groups excluding tert-OH is 1. The van der Waals surface area contributed by atoms with Gasteiger partial charge in [-0.1, -0.05) is 32.0 Å². The van der Waals surface area contributed by atoms with E-state index < -0.39 is 6.10 Å². The van der Waals surface area contributed by atoms with E-state index in [1.54, 1.807) is 6.20 Å². The van der Waals surface area contributed by atoms with Crippen LogP contribution in [0.5, 0.6) is 0 Å². The molecule has 0 bridgehead atoms. The lowest BCUT2D eigenvalue weighted by Crippen LogP contribution is -2.48. The highest BCUT2D eigenvalue weighted by molar-refractivity contribution is 5.79. The van der Waals surface area contributed by atoms with Crippen LogP contribution in [0.3, 0.4) is 0 Å². The first-order chi connectivity index (χ1) is 9.55. The second kappa shape index (κ2) is 5.90. The summed E-state index contributed by atoms with van der Waals surface area (Å²) in [5.41, 5.74) is 1.64. The molecular weight excluding hydrogens is 248 g/mol. The molecular formula is C17H24N2O. The average Bonchev–Trinajstić information content (AvgIpc) is 2.48. The SMILES string of the molecule is CCC(CC)(C(O)c1ccc2cccnc2c1)N(C)C. The first kappa shape index (κ1) is 14.9. The Hall–Kier alpha value is -1.45. The zero-order valence-electron chi connectivity index (χ0n) is 12.8. The quantitative estimate of drug-likeness (QED) is 0.906. The molecule has 3 nitrogen and oxygen atoms in total. The maximum atomic E-state index is 10.9. The van der Waals surface area contributed by atoms with E-state index in [9.17, 15) is 5.11 Å². The van der Waals surface area contributed by atoms with E-state index in [4.69, 9.17) is 0 Å². The van der Waals surface area contributed by atoms with Gasteiger partial charge in [0.25, 0.3) is 0 Å². The van der Waals surface area contributed by atoms with Crippen LogP contribution < -0.4 is 0 Å². The summed E-state index contributed by atoms with van der Waals surface area (Å²) in [6, 6.07) is 10.0. The number of benzene rings is 1. The van der Waals surface area contributed by atoms with Gasteiger partial charge in [0.05, 0.1) is 11.6 Å². The van der Waals surface area contributed by atoms with Gasteiger partial charge in [0.15, 0.2) is 0 Å². The van der Waals surface area contributed by atoms with Crippen LogP contribution in [-0.2, 0) is 0 Å². The number of hydrogen-bond donors (Lipinski definition) is 1. The molecule has 0 amide bonds. The number of aliphatic hydroxyl groups is 1. The van der Waals surface area contributed by atoms with E-state index in [0.29, 0.717) is 0 Å². The molecule has 2 rings (SSSR count). The fraction of sp³-hybridized carbons (Fsp3) is 0.471. The molecule has 0 aliphatic heterocycles. The highest BCUT2D eigenvalue weighted by Crippen LogP contribution is 2.36. The largest absolute Gasteiger partial charge is 0.386 e. The van der Waals surface area contributed by atoms with Crippen LogP contribution in [0.25, 0.3) is 10.9 Å². The number of nitrogens with zero attached hydrogens (tertiary/aromatic N) is 2. The molecule has 0 saturated carbocycles. The van der Waals surface area contributed by atoms with Crippen molar-refractivity contribution in [3.63, 3.8) is 0 Å². The minimum Gasteiger partial charge on any atom is -0.386 e. The Morgan fingerprint density at radius 3 is 2.50 bits per heavy atom. The lowest BCUT2D eigenvalue weighted by Gasteiger charge is -2.42. The third kappa shape index (κ3) is 2.43. The third-order valence-electron chi connectivity index (χ3n) is 4.57. The van der Waals surface area contributed by atoms with Crippen molar-refractivity contribution in [2.45, 2.75) is 38.3 Å². The summed E-state index contributed by atoms with van der Waals surface area (Å²) < 4.78 is 0. The fourth-order valence-electron chi connectivity index (χ4n) is 3.08. The van der Waals surface area contributed by atoms with Crippen molar-refractivity contribution >= 4 is 10.9 Å². The maximum absolute atomic E-state index is 10.9. The topological polar surface area (TPSA) is 36.4 Å². The van der Waals surface area contributed by atoms with Crippen LogP contribution in [0, 0.1) is 0 Å². The van der Waals surface area contributed by atoms with Crippen molar-refractivity contribution in [3.05, 3.63) is 42.1 Å². The normalized spacial score (nSPS) is 13.9. The summed E-state index contributed by atoms with van der Waals surface area (Å²) in [7, 11) is 4.07. The summed E-state index contributed by atoms with van der Waals surface area (Å²) in [5, 5.41) is 12.0. The summed E-state index contributed by atoms with van der Waals surface area (Å²) in [6.45, 7) is 4.26. The zero-order valence-corrected chi connectivity index (χ0v) is 12.8. The monoisotopic (exact) mass is 272 g/mol. The molecule has 0 spiro atoms. The van der Waals surface area contributed by atoms with Crippen LogP contribution in [0.2, 0.25) is 0 Å².